The Labute approximate surface area is 99.6 Å². The number of rotatable bonds is 5. The number of piperidine rings is 1. The lowest BCUT2D eigenvalue weighted by Gasteiger charge is -2.34. The molecule has 1 rings (SSSR count). The summed E-state index contributed by atoms with van der Waals surface area (Å²) >= 11 is 0. The highest BCUT2D eigenvalue weighted by atomic mass is 16.2. The Kier molecular flexibility index (Phi) is 5.81. The topological polar surface area (TPSA) is 32.3 Å². The molecule has 0 spiro atoms. The van der Waals surface area contributed by atoms with Crippen molar-refractivity contribution in [3.05, 3.63) is 0 Å². The molecule has 0 bridgehead atoms. The largest absolute Gasteiger partial charge is 0.342 e. The Morgan fingerprint density at radius 3 is 2.94 bits per heavy atom. The van der Waals surface area contributed by atoms with Gasteiger partial charge in [0.05, 0.1) is 0 Å². The second kappa shape index (κ2) is 6.89. The third-order valence-electron chi connectivity index (χ3n) is 3.46. The van der Waals surface area contributed by atoms with Crippen LogP contribution >= 0.6 is 0 Å². The van der Waals surface area contributed by atoms with Gasteiger partial charge in [-0.1, -0.05) is 20.3 Å². The first-order valence-corrected chi connectivity index (χ1v) is 6.62. The highest BCUT2D eigenvalue weighted by molar-refractivity contribution is 5.78. The lowest BCUT2D eigenvalue weighted by atomic mass is 9.93. The van der Waals surface area contributed by atoms with E-state index in [1.165, 1.54) is 25.7 Å². The van der Waals surface area contributed by atoms with Crippen molar-refractivity contribution in [3.8, 4) is 0 Å². The van der Waals surface area contributed by atoms with Crippen LogP contribution in [0.1, 0.15) is 39.5 Å². The molecule has 0 saturated carbocycles. The number of hydrogen-bond donors (Lipinski definition) is 1. The second-order valence-electron chi connectivity index (χ2n) is 5.04. The first kappa shape index (κ1) is 13.5. The van der Waals surface area contributed by atoms with E-state index in [1.54, 1.807) is 0 Å². The van der Waals surface area contributed by atoms with Gasteiger partial charge in [-0.05, 0) is 32.2 Å². The summed E-state index contributed by atoms with van der Waals surface area (Å²) in [5, 5.41) is 3.08. The molecule has 0 aliphatic carbocycles. The van der Waals surface area contributed by atoms with Crippen molar-refractivity contribution in [1.82, 2.24) is 10.2 Å². The minimum atomic E-state index is 0.116. The van der Waals surface area contributed by atoms with Crippen LogP contribution in [0.4, 0.5) is 0 Å². The minimum absolute atomic E-state index is 0.116. The molecule has 16 heavy (non-hydrogen) atoms. The highest BCUT2D eigenvalue weighted by Crippen LogP contribution is 2.21. The van der Waals surface area contributed by atoms with E-state index in [1.807, 2.05) is 14.0 Å². The van der Waals surface area contributed by atoms with Gasteiger partial charge in [0.2, 0.25) is 5.91 Å². The molecule has 0 aromatic rings. The molecule has 1 amide bonds. The highest BCUT2D eigenvalue weighted by Gasteiger charge is 2.25. The average Bonchev–Trinajstić information content (AvgIpc) is 2.29. The van der Waals surface area contributed by atoms with E-state index in [4.69, 9.17) is 0 Å². The molecule has 1 heterocycles. The molecule has 2 unspecified atom stereocenters. The summed E-state index contributed by atoms with van der Waals surface area (Å²) in [7, 11) is 1.90. The summed E-state index contributed by atoms with van der Waals surface area (Å²) in [5.74, 6) is 1.19. The van der Waals surface area contributed by atoms with Crippen LogP contribution in [0.2, 0.25) is 0 Å². The number of amides is 1. The Bertz CT molecular complexity index is 216. The zero-order chi connectivity index (χ0) is 12.0. The van der Waals surface area contributed by atoms with Crippen LogP contribution in [0.3, 0.4) is 0 Å². The average molecular weight is 226 g/mol. The molecule has 1 aliphatic heterocycles. The summed E-state index contributed by atoms with van der Waals surface area (Å²) in [6.07, 6.45) is 4.99. The van der Waals surface area contributed by atoms with Gasteiger partial charge >= 0.3 is 0 Å². The first-order valence-electron chi connectivity index (χ1n) is 6.62. The lowest BCUT2D eigenvalue weighted by Crippen LogP contribution is -2.44. The van der Waals surface area contributed by atoms with Crippen molar-refractivity contribution in [2.45, 2.75) is 39.5 Å². The zero-order valence-corrected chi connectivity index (χ0v) is 11.0. The zero-order valence-electron chi connectivity index (χ0n) is 11.0. The number of nitrogens with one attached hydrogen (secondary N) is 1. The fourth-order valence-corrected chi connectivity index (χ4v) is 2.61. The molecule has 3 nitrogen and oxygen atoms in total. The Morgan fingerprint density at radius 1 is 1.56 bits per heavy atom. The van der Waals surface area contributed by atoms with E-state index in [-0.39, 0.29) is 5.92 Å². The first-order chi connectivity index (χ1) is 7.69. The van der Waals surface area contributed by atoms with Gasteiger partial charge in [-0.15, -0.1) is 0 Å². The quantitative estimate of drug-likeness (QED) is 0.776. The fraction of sp³-hybridized carbons (Fsp3) is 0.923. The smallest absolute Gasteiger partial charge is 0.226 e. The van der Waals surface area contributed by atoms with Gasteiger partial charge in [0.1, 0.15) is 0 Å². The molecule has 0 aromatic heterocycles. The number of nitrogens with zero attached hydrogens (tertiary/aromatic N) is 1. The Hall–Kier alpha value is -0.570. The number of carbonyl (C=O) groups excluding carboxylic acids is 1. The van der Waals surface area contributed by atoms with Crippen molar-refractivity contribution in [2.75, 3.05) is 26.7 Å². The molecule has 1 N–H and O–H groups in total. The monoisotopic (exact) mass is 226 g/mol. The van der Waals surface area contributed by atoms with Crippen LogP contribution in [-0.4, -0.2) is 37.5 Å². The molecule has 0 radical (unpaired) electrons. The van der Waals surface area contributed by atoms with E-state index >= 15 is 0 Å². The van der Waals surface area contributed by atoms with E-state index in [9.17, 15) is 4.79 Å². The van der Waals surface area contributed by atoms with E-state index < -0.39 is 0 Å². The van der Waals surface area contributed by atoms with Crippen LogP contribution in [0.5, 0.6) is 0 Å². The maximum absolute atomic E-state index is 12.1. The van der Waals surface area contributed by atoms with E-state index in [2.05, 4.69) is 17.1 Å². The van der Waals surface area contributed by atoms with Gasteiger partial charge in [0.15, 0.2) is 0 Å². The minimum Gasteiger partial charge on any atom is -0.342 e. The Morgan fingerprint density at radius 2 is 2.31 bits per heavy atom. The van der Waals surface area contributed by atoms with Gasteiger partial charge in [0, 0.05) is 25.6 Å². The summed E-state index contributed by atoms with van der Waals surface area (Å²) < 4.78 is 0. The normalized spacial score (nSPS) is 23.2. The van der Waals surface area contributed by atoms with Crippen molar-refractivity contribution in [1.29, 1.82) is 0 Å². The van der Waals surface area contributed by atoms with Crippen LogP contribution in [0.15, 0.2) is 0 Å². The van der Waals surface area contributed by atoms with E-state index in [0.717, 1.165) is 25.6 Å². The molecular weight excluding hydrogens is 200 g/mol. The van der Waals surface area contributed by atoms with Crippen LogP contribution in [0, 0.1) is 11.8 Å². The summed E-state index contributed by atoms with van der Waals surface area (Å²) in [6.45, 7) is 6.98. The van der Waals surface area contributed by atoms with E-state index in [0.29, 0.717) is 5.91 Å². The predicted molar refractivity (Wildman–Crippen MR) is 67.3 cm³/mol. The van der Waals surface area contributed by atoms with Gasteiger partial charge in [-0.25, -0.2) is 0 Å². The number of carbonyl (C=O) groups is 1. The van der Waals surface area contributed by atoms with Crippen LogP contribution < -0.4 is 5.32 Å². The molecule has 3 heteroatoms. The van der Waals surface area contributed by atoms with Gasteiger partial charge in [-0.3, -0.25) is 4.79 Å². The van der Waals surface area contributed by atoms with Crippen molar-refractivity contribution in [3.63, 3.8) is 0 Å². The SMILES string of the molecule is CCCC1CCCN(C(=O)C(C)CNC)C1. The molecule has 1 aliphatic rings. The summed E-state index contributed by atoms with van der Waals surface area (Å²) in [4.78, 5) is 14.2. The third kappa shape index (κ3) is 3.78. The third-order valence-corrected chi connectivity index (χ3v) is 3.46. The van der Waals surface area contributed by atoms with Crippen LogP contribution in [0.25, 0.3) is 0 Å². The lowest BCUT2D eigenvalue weighted by molar-refractivity contribution is -0.136. The van der Waals surface area contributed by atoms with Crippen LogP contribution in [-0.2, 0) is 4.79 Å². The van der Waals surface area contributed by atoms with Crippen molar-refractivity contribution in [2.24, 2.45) is 11.8 Å². The molecule has 1 saturated heterocycles. The molecule has 1 fully saturated rings. The van der Waals surface area contributed by atoms with Gasteiger partial charge < -0.3 is 10.2 Å². The number of hydrogen-bond acceptors (Lipinski definition) is 2. The standard InChI is InChI=1S/C13H26N2O/c1-4-6-12-7-5-8-15(10-12)13(16)11(2)9-14-3/h11-12,14H,4-10H2,1-3H3. The summed E-state index contributed by atoms with van der Waals surface area (Å²) in [5.41, 5.74) is 0. The number of likely N-dealkylation sites (tertiary alicyclic amines) is 1. The maximum Gasteiger partial charge on any atom is 0.226 e. The molecule has 2 atom stereocenters. The van der Waals surface area contributed by atoms with Gasteiger partial charge in [-0.2, -0.15) is 0 Å². The molecule has 94 valence electrons. The van der Waals surface area contributed by atoms with Crippen molar-refractivity contribution < 1.29 is 4.79 Å². The van der Waals surface area contributed by atoms with Crippen molar-refractivity contribution >= 4 is 5.91 Å². The summed E-state index contributed by atoms with van der Waals surface area (Å²) in [6, 6.07) is 0. The molecule has 0 aromatic carbocycles. The fourth-order valence-electron chi connectivity index (χ4n) is 2.61. The maximum atomic E-state index is 12.1. The second-order valence-corrected chi connectivity index (χ2v) is 5.04. The van der Waals surface area contributed by atoms with Gasteiger partial charge in [0.25, 0.3) is 0 Å². The molecular formula is C13H26N2O. The Balaban J connectivity index is 2.43. The predicted octanol–water partition coefficient (Wildman–Crippen LogP) is 1.88.